The van der Waals surface area contributed by atoms with Crippen molar-refractivity contribution in [1.82, 2.24) is 10.3 Å². The molecule has 0 bridgehead atoms. The smallest absolute Gasteiger partial charge is 0.129 e. The van der Waals surface area contributed by atoms with E-state index >= 15 is 0 Å². The molecule has 0 unspecified atom stereocenters. The van der Waals surface area contributed by atoms with Gasteiger partial charge >= 0.3 is 0 Å². The van der Waals surface area contributed by atoms with Crippen LogP contribution >= 0.6 is 23.2 Å². The molecule has 1 aliphatic rings. The second-order valence-corrected chi connectivity index (χ2v) is 4.54. The third-order valence-corrected chi connectivity index (χ3v) is 3.20. The Morgan fingerprint density at radius 3 is 2.60 bits per heavy atom. The van der Waals surface area contributed by atoms with Crippen molar-refractivity contribution in [3.05, 3.63) is 28.0 Å². The second kappa shape index (κ2) is 4.26. The zero-order valence-corrected chi connectivity index (χ0v) is 9.65. The van der Waals surface area contributed by atoms with Gasteiger partial charge in [0, 0.05) is 0 Å². The van der Waals surface area contributed by atoms with Crippen molar-refractivity contribution in [2.75, 3.05) is 13.1 Å². The quantitative estimate of drug-likeness (QED) is 0.745. The molecule has 0 aliphatic carbocycles. The van der Waals surface area contributed by atoms with E-state index < -0.39 is 5.60 Å². The molecule has 3 nitrogen and oxygen atoms in total. The minimum atomic E-state index is -0.937. The number of halogens is 2. The van der Waals surface area contributed by atoms with E-state index in [9.17, 15) is 5.11 Å². The highest BCUT2D eigenvalue weighted by atomic mass is 35.5. The van der Waals surface area contributed by atoms with Crippen LogP contribution in [0.4, 0.5) is 0 Å². The van der Waals surface area contributed by atoms with Crippen molar-refractivity contribution in [3.8, 4) is 0 Å². The molecule has 2 N–H and O–H groups in total. The number of rotatable bonds is 1. The summed E-state index contributed by atoms with van der Waals surface area (Å²) in [4.78, 5) is 4.12. The first-order chi connectivity index (χ1) is 7.12. The first kappa shape index (κ1) is 11.1. The Morgan fingerprint density at radius 1 is 1.27 bits per heavy atom. The average Bonchev–Trinajstić information content (AvgIpc) is 2.23. The molecule has 1 aromatic rings. The number of hydrogen-bond acceptors (Lipinski definition) is 3. The minimum absolute atomic E-state index is 0.362. The van der Waals surface area contributed by atoms with Gasteiger partial charge < -0.3 is 10.4 Å². The van der Waals surface area contributed by atoms with Crippen LogP contribution in [0.1, 0.15) is 18.5 Å². The summed E-state index contributed by atoms with van der Waals surface area (Å²) < 4.78 is 0. The van der Waals surface area contributed by atoms with Crippen molar-refractivity contribution >= 4 is 23.2 Å². The Hall–Kier alpha value is -0.350. The van der Waals surface area contributed by atoms with E-state index in [0.29, 0.717) is 28.7 Å². The van der Waals surface area contributed by atoms with Gasteiger partial charge in [0.2, 0.25) is 0 Å². The monoisotopic (exact) mass is 246 g/mol. The second-order valence-electron chi connectivity index (χ2n) is 3.75. The summed E-state index contributed by atoms with van der Waals surface area (Å²) in [6.45, 7) is 1.53. The number of nitrogens with one attached hydrogen (secondary N) is 1. The summed E-state index contributed by atoms with van der Waals surface area (Å²) in [6, 6.07) is 3.30. The molecule has 1 saturated heterocycles. The van der Waals surface area contributed by atoms with E-state index in [1.807, 2.05) is 0 Å². The first-order valence-electron chi connectivity index (χ1n) is 4.87. The molecule has 0 saturated carbocycles. The van der Waals surface area contributed by atoms with Gasteiger partial charge in [-0.3, -0.25) is 0 Å². The lowest BCUT2D eigenvalue weighted by atomic mass is 9.88. The lowest BCUT2D eigenvalue weighted by Crippen LogP contribution is -2.40. The number of nitrogens with zero attached hydrogens (tertiary/aromatic N) is 1. The van der Waals surface area contributed by atoms with Gasteiger partial charge in [-0.25, -0.2) is 4.98 Å². The highest BCUT2D eigenvalue weighted by Gasteiger charge is 2.34. The maximum absolute atomic E-state index is 10.4. The summed E-state index contributed by atoms with van der Waals surface area (Å²) in [5.41, 5.74) is -0.439. The fourth-order valence-electron chi connectivity index (χ4n) is 1.82. The standard InChI is InChI=1S/C10H12Cl2N2O/c11-7-1-2-8(12)14-9(7)10(15)3-5-13-6-4-10/h1-2,13,15H,3-6H2. The van der Waals surface area contributed by atoms with E-state index in [-0.39, 0.29) is 0 Å². The van der Waals surface area contributed by atoms with Crippen LogP contribution in [0.5, 0.6) is 0 Å². The zero-order valence-electron chi connectivity index (χ0n) is 8.13. The van der Waals surface area contributed by atoms with E-state index in [2.05, 4.69) is 10.3 Å². The Labute approximate surface area is 98.4 Å². The highest BCUT2D eigenvalue weighted by molar-refractivity contribution is 6.32. The molecule has 2 rings (SSSR count). The van der Waals surface area contributed by atoms with Crippen molar-refractivity contribution < 1.29 is 5.11 Å². The molecule has 0 atom stereocenters. The van der Waals surface area contributed by atoms with E-state index in [4.69, 9.17) is 23.2 Å². The lowest BCUT2D eigenvalue weighted by molar-refractivity contribution is 0.00200. The largest absolute Gasteiger partial charge is 0.383 e. The van der Waals surface area contributed by atoms with Gasteiger partial charge in [0.05, 0.1) is 10.7 Å². The summed E-state index contributed by atoms with van der Waals surface area (Å²) in [5.74, 6) is 0. The molecule has 1 aromatic heterocycles. The van der Waals surface area contributed by atoms with Crippen LogP contribution in [0.2, 0.25) is 10.2 Å². The minimum Gasteiger partial charge on any atom is -0.383 e. The Morgan fingerprint density at radius 2 is 1.93 bits per heavy atom. The number of hydrogen-bond donors (Lipinski definition) is 2. The molecule has 0 spiro atoms. The number of piperidine rings is 1. The normalized spacial score (nSPS) is 20.2. The van der Waals surface area contributed by atoms with Crippen LogP contribution in [0.15, 0.2) is 12.1 Å². The molecule has 82 valence electrons. The predicted molar refractivity (Wildman–Crippen MR) is 60.3 cm³/mol. The van der Waals surface area contributed by atoms with E-state index in [1.54, 1.807) is 12.1 Å². The van der Waals surface area contributed by atoms with Crippen LogP contribution in [-0.4, -0.2) is 23.2 Å². The van der Waals surface area contributed by atoms with Crippen molar-refractivity contribution in [3.63, 3.8) is 0 Å². The van der Waals surface area contributed by atoms with Crippen molar-refractivity contribution in [2.45, 2.75) is 18.4 Å². The third-order valence-electron chi connectivity index (χ3n) is 2.68. The topological polar surface area (TPSA) is 45.2 Å². The van der Waals surface area contributed by atoms with Crippen LogP contribution in [0, 0.1) is 0 Å². The van der Waals surface area contributed by atoms with E-state index in [1.165, 1.54) is 0 Å². The predicted octanol–water partition coefficient (Wildman–Crippen LogP) is 1.96. The third kappa shape index (κ3) is 2.26. The van der Waals surface area contributed by atoms with Gasteiger partial charge in [-0.2, -0.15) is 0 Å². The van der Waals surface area contributed by atoms with Gasteiger partial charge in [-0.1, -0.05) is 23.2 Å². The fraction of sp³-hybridized carbons (Fsp3) is 0.500. The number of aliphatic hydroxyl groups is 1. The lowest BCUT2D eigenvalue weighted by Gasteiger charge is -2.32. The average molecular weight is 247 g/mol. The zero-order chi connectivity index (χ0) is 10.9. The van der Waals surface area contributed by atoms with Crippen molar-refractivity contribution in [2.24, 2.45) is 0 Å². The summed E-state index contributed by atoms with van der Waals surface area (Å²) in [5, 5.41) is 14.4. The number of aromatic nitrogens is 1. The molecule has 2 heterocycles. The summed E-state index contributed by atoms with van der Waals surface area (Å²) in [7, 11) is 0. The molecule has 1 fully saturated rings. The summed E-state index contributed by atoms with van der Waals surface area (Å²) in [6.07, 6.45) is 1.22. The molecule has 0 aromatic carbocycles. The molecule has 15 heavy (non-hydrogen) atoms. The van der Waals surface area contributed by atoms with E-state index in [0.717, 1.165) is 13.1 Å². The Balaban J connectivity index is 2.38. The summed E-state index contributed by atoms with van der Waals surface area (Å²) >= 11 is 11.8. The van der Waals surface area contributed by atoms with Gasteiger partial charge in [-0.15, -0.1) is 0 Å². The van der Waals surface area contributed by atoms with Crippen molar-refractivity contribution in [1.29, 1.82) is 0 Å². The van der Waals surface area contributed by atoms with Gasteiger partial charge in [0.15, 0.2) is 0 Å². The number of pyridine rings is 1. The highest BCUT2D eigenvalue weighted by Crippen LogP contribution is 2.34. The van der Waals surface area contributed by atoms with Gasteiger partial charge in [0.25, 0.3) is 0 Å². The van der Waals surface area contributed by atoms with Crippen LogP contribution in [0.3, 0.4) is 0 Å². The maximum atomic E-state index is 10.4. The SMILES string of the molecule is OC1(c2nc(Cl)ccc2Cl)CCNCC1. The molecule has 0 amide bonds. The Kier molecular flexibility index (Phi) is 3.16. The molecule has 1 aliphatic heterocycles. The molecule has 5 heteroatoms. The van der Waals surface area contributed by atoms with Crippen LogP contribution in [0.25, 0.3) is 0 Å². The van der Waals surface area contributed by atoms with Crippen LogP contribution < -0.4 is 5.32 Å². The van der Waals surface area contributed by atoms with Gasteiger partial charge in [0.1, 0.15) is 10.8 Å². The first-order valence-corrected chi connectivity index (χ1v) is 5.63. The Bertz CT molecular complexity index is 364. The molecular weight excluding hydrogens is 235 g/mol. The van der Waals surface area contributed by atoms with Crippen LogP contribution in [-0.2, 0) is 5.60 Å². The maximum Gasteiger partial charge on any atom is 0.129 e. The molecule has 0 radical (unpaired) electrons. The fourth-order valence-corrected chi connectivity index (χ4v) is 2.25. The van der Waals surface area contributed by atoms with Gasteiger partial charge in [-0.05, 0) is 38.1 Å². The molecular formula is C10H12Cl2N2O.